The summed E-state index contributed by atoms with van der Waals surface area (Å²) in [6, 6.07) is 0.530. The zero-order valence-electron chi connectivity index (χ0n) is 7.69. The Labute approximate surface area is 77.3 Å². The molecule has 2 rings (SSSR count). The largest absolute Gasteiger partial charge is 0.469 e. The van der Waals surface area contributed by atoms with Crippen LogP contribution in [-0.4, -0.2) is 36.4 Å². The van der Waals surface area contributed by atoms with Crippen molar-refractivity contribution in [1.29, 1.82) is 0 Å². The third-order valence-corrected chi connectivity index (χ3v) is 3.12. The van der Waals surface area contributed by atoms with Gasteiger partial charge in [0.15, 0.2) is 0 Å². The minimum absolute atomic E-state index is 0.126. The Bertz CT molecular complexity index is 219. The standard InChI is InChI=1S/C9H15NO3/c1-13-9(12)8-6-3-2-5(10-6)4-7(8)11/h5-8,10-11H,2-4H2,1H3/t5?,6?,7?,8-/m1/s1. The Morgan fingerprint density at radius 3 is 3.00 bits per heavy atom. The van der Waals surface area contributed by atoms with Crippen LogP contribution in [0.5, 0.6) is 0 Å². The quantitative estimate of drug-likeness (QED) is 0.549. The van der Waals surface area contributed by atoms with Gasteiger partial charge in [-0.15, -0.1) is 0 Å². The molecule has 4 heteroatoms. The highest BCUT2D eigenvalue weighted by atomic mass is 16.5. The maximum atomic E-state index is 11.3. The second-order valence-corrected chi connectivity index (χ2v) is 3.90. The first kappa shape index (κ1) is 8.97. The molecule has 2 N–H and O–H groups in total. The monoisotopic (exact) mass is 185 g/mol. The van der Waals surface area contributed by atoms with E-state index in [1.165, 1.54) is 7.11 Å². The number of carbonyl (C=O) groups is 1. The summed E-state index contributed by atoms with van der Waals surface area (Å²) in [4.78, 5) is 11.3. The van der Waals surface area contributed by atoms with Gasteiger partial charge in [0.05, 0.1) is 19.1 Å². The number of aliphatic hydroxyl groups excluding tert-OH is 1. The average molecular weight is 185 g/mol. The van der Waals surface area contributed by atoms with E-state index < -0.39 is 6.10 Å². The summed E-state index contributed by atoms with van der Waals surface area (Å²) < 4.78 is 4.67. The number of hydrogen-bond acceptors (Lipinski definition) is 4. The van der Waals surface area contributed by atoms with Gasteiger partial charge in [0.1, 0.15) is 0 Å². The van der Waals surface area contributed by atoms with Crippen LogP contribution in [0.2, 0.25) is 0 Å². The minimum Gasteiger partial charge on any atom is -0.469 e. The number of methoxy groups -OCH3 is 1. The van der Waals surface area contributed by atoms with Crippen LogP contribution >= 0.6 is 0 Å². The van der Waals surface area contributed by atoms with E-state index in [-0.39, 0.29) is 17.9 Å². The van der Waals surface area contributed by atoms with E-state index in [0.29, 0.717) is 12.5 Å². The molecule has 2 saturated heterocycles. The van der Waals surface area contributed by atoms with Crippen molar-refractivity contribution in [3.8, 4) is 0 Å². The number of fused-ring (bicyclic) bond motifs is 2. The Balaban J connectivity index is 2.11. The highest BCUT2D eigenvalue weighted by Gasteiger charge is 2.45. The smallest absolute Gasteiger partial charge is 0.312 e. The molecule has 0 aliphatic carbocycles. The van der Waals surface area contributed by atoms with Crippen LogP contribution in [0.15, 0.2) is 0 Å². The van der Waals surface area contributed by atoms with Crippen molar-refractivity contribution in [3.05, 3.63) is 0 Å². The van der Waals surface area contributed by atoms with E-state index in [1.54, 1.807) is 0 Å². The fourth-order valence-electron chi connectivity index (χ4n) is 2.48. The molecule has 0 saturated carbocycles. The second kappa shape index (κ2) is 3.27. The molecule has 2 aliphatic rings. The Morgan fingerprint density at radius 2 is 2.31 bits per heavy atom. The van der Waals surface area contributed by atoms with Gasteiger partial charge in [-0.2, -0.15) is 0 Å². The average Bonchev–Trinajstić information content (AvgIpc) is 2.48. The number of nitrogens with one attached hydrogen (secondary N) is 1. The highest BCUT2D eigenvalue weighted by Crippen LogP contribution is 2.32. The first-order chi connectivity index (χ1) is 6.22. The van der Waals surface area contributed by atoms with Gasteiger partial charge in [0, 0.05) is 12.1 Å². The lowest BCUT2D eigenvalue weighted by molar-refractivity contribution is -0.152. The summed E-state index contributed by atoms with van der Waals surface area (Å²) in [7, 11) is 1.37. The van der Waals surface area contributed by atoms with Crippen molar-refractivity contribution in [2.24, 2.45) is 5.92 Å². The summed E-state index contributed by atoms with van der Waals surface area (Å²) in [5.74, 6) is -0.644. The molecule has 2 fully saturated rings. The van der Waals surface area contributed by atoms with Crippen LogP contribution in [0.1, 0.15) is 19.3 Å². The van der Waals surface area contributed by atoms with Crippen molar-refractivity contribution in [3.63, 3.8) is 0 Å². The SMILES string of the molecule is COC(=O)[C@H]1C(O)CC2CCC1N2. The molecule has 74 valence electrons. The van der Waals surface area contributed by atoms with E-state index >= 15 is 0 Å². The summed E-state index contributed by atoms with van der Waals surface area (Å²) >= 11 is 0. The predicted octanol–water partition coefficient (Wildman–Crippen LogP) is -0.339. The number of carbonyl (C=O) groups excluding carboxylic acids is 1. The maximum Gasteiger partial charge on any atom is 0.312 e. The van der Waals surface area contributed by atoms with E-state index in [1.807, 2.05) is 0 Å². The van der Waals surface area contributed by atoms with Crippen LogP contribution in [0, 0.1) is 5.92 Å². The van der Waals surface area contributed by atoms with Gasteiger partial charge in [-0.1, -0.05) is 0 Å². The molecule has 0 radical (unpaired) electrons. The number of aliphatic hydroxyl groups is 1. The lowest BCUT2D eigenvalue weighted by atomic mass is 9.89. The van der Waals surface area contributed by atoms with E-state index in [4.69, 9.17) is 0 Å². The molecular formula is C9H15NO3. The molecule has 2 aliphatic heterocycles. The van der Waals surface area contributed by atoms with Crippen LogP contribution in [-0.2, 0) is 9.53 Å². The number of esters is 1. The molecule has 2 bridgehead atoms. The van der Waals surface area contributed by atoms with Crippen molar-refractivity contribution in [2.45, 2.75) is 37.5 Å². The van der Waals surface area contributed by atoms with Gasteiger partial charge in [0.2, 0.25) is 0 Å². The van der Waals surface area contributed by atoms with Gasteiger partial charge < -0.3 is 15.2 Å². The summed E-state index contributed by atoms with van der Waals surface area (Å²) in [6.07, 6.45) is 2.19. The van der Waals surface area contributed by atoms with Crippen LogP contribution in [0.4, 0.5) is 0 Å². The molecule has 0 aromatic rings. The zero-order chi connectivity index (χ0) is 9.42. The van der Waals surface area contributed by atoms with Crippen molar-refractivity contribution >= 4 is 5.97 Å². The number of hydrogen-bond donors (Lipinski definition) is 2. The molecule has 13 heavy (non-hydrogen) atoms. The molecule has 3 unspecified atom stereocenters. The normalized spacial score (nSPS) is 43.2. The maximum absolute atomic E-state index is 11.3. The van der Waals surface area contributed by atoms with Crippen LogP contribution < -0.4 is 5.32 Å². The first-order valence-corrected chi connectivity index (χ1v) is 4.74. The van der Waals surface area contributed by atoms with E-state index in [2.05, 4.69) is 10.1 Å². The lowest BCUT2D eigenvalue weighted by Gasteiger charge is -2.32. The Hall–Kier alpha value is -0.610. The van der Waals surface area contributed by atoms with Gasteiger partial charge in [-0.05, 0) is 19.3 Å². The second-order valence-electron chi connectivity index (χ2n) is 3.90. The highest BCUT2D eigenvalue weighted by molar-refractivity contribution is 5.74. The molecule has 2 heterocycles. The Kier molecular flexibility index (Phi) is 2.26. The summed E-state index contributed by atoms with van der Waals surface area (Å²) in [5.41, 5.74) is 0. The van der Waals surface area contributed by atoms with Gasteiger partial charge in [-0.3, -0.25) is 4.79 Å². The van der Waals surface area contributed by atoms with Crippen molar-refractivity contribution in [1.82, 2.24) is 5.32 Å². The molecule has 0 aromatic carbocycles. The lowest BCUT2D eigenvalue weighted by Crippen LogP contribution is -2.51. The van der Waals surface area contributed by atoms with Gasteiger partial charge in [0.25, 0.3) is 0 Å². The molecule has 0 amide bonds. The third-order valence-electron chi connectivity index (χ3n) is 3.12. The topological polar surface area (TPSA) is 58.6 Å². The molecule has 4 atom stereocenters. The van der Waals surface area contributed by atoms with Gasteiger partial charge in [-0.25, -0.2) is 0 Å². The first-order valence-electron chi connectivity index (χ1n) is 4.74. The van der Waals surface area contributed by atoms with E-state index in [9.17, 15) is 9.90 Å². The molecule has 4 nitrogen and oxygen atoms in total. The van der Waals surface area contributed by atoms with Gasteiger partial charge >= 0.3 is 5.97 Å². The summed E-state index contributed by atoms with van der Waals surface area (Å²) in [6.45, 7) is 0. The molecule has 0 spiro atoms. The predicted molar refractivity (Wildman–Crippen MR) is 46.1 cm³/mol. The number of rotatable bonds is 1. The van der Waals surface area contributed by atoms with Crippen LogP contribution in [0.25, 0.3) is 0 Å². The van der Waals surface area contributed by atoms with Crippen molar-refractivity contribution < 1.29 is 14.6 Å². The summed E-state index contributed by atoms with van der Waals surface area (Å²) in [5, 5.41) is 13.0. The minimum atomic E-state index is -0.522. The third kappa shape index (κ3) is 1.44. The van der Waals surface area contributed by atoms with Crippen LogP contribution in [0.3, 0.4) is 0 Å². The van der Waals surface area contributed by atoms with E-state index in [0.717, 1.165) is 12.8 Å². The Morgan fingerprint density at radius 1 is 1.54 bits per heavy atom. The fraction of sp³-hybridized carbons (Fsp3) is 0.889. The molecular weight excluding hydrogens is 170 g/mol. The number of ether oxygens (including phenoxy) is 1. The van der Waals surface area contributed by atoms with Crippen molar-refractivity contribution in [2.75, 3.05) is 7.11 Å². The fourth-order valence-corrected chi connectivity index (χ4v) is 2.48. The zero-order valence-corrected chi connectivity index (χ0v) is 7.69. The molecule has 0 aromatic heterocycles. The number of piperidine rings is 1.